The topological polar surface area (TPSA) is 62.5 Å². The summed E-state index contributed by atoms with van der Waals surface area (Å²) in [5.74, 6) is 1.35. The van der Waals surface area contributed by atoms with Crippen molar-refractivity contribution < 1.29 is 4.42 Å². The van der Waals surface area contributed by atoms with Gasteiger partial charge in [0.2, 0.25) is 5.89 Å². The van der Waals surface area contributed by atoms with Crippen molar-refractivity contribution in [2.24, 2.45) is 4.99 Å². The summed E-state index contributed by atoms with van der Waals surface area (Å²) in [7, 11) is 1.76. The maximum Gasteiger partial charge on any atom is 0.226 e. The first-order valence-corrected chi connectivity index (χ1v) is 9.25. The molecule has 0 radical (unpaired) electrons. The summed E-state index contributed by atoms with van der Waals surface area (Å²) in [6.45, 7) is 4.82. The number of guanidine groups is 1. The van der Waals surface area contributed by atoms with E-state index in [2.05, 4.69) is 58.7 Å². The molecule has 0 fully saturated rings. The monoisotopic (exact) mass is 490 g/mol. The fourth-order valence-electron chi connectivity index (χ4n) is 2.80. The van der Waals surface area contributed by atoms with Gasteiger partial charge in [-0.25, -0.2) is 4.98 Å². The number of aliphatic imine (C=N–C) groups is 1. The fourth-order valence-corrected chi connectivity index (χ4v) is 2.80. The number of aryl methyl sites for hydroxylation is 1. The molecule has 0 saturated carbocycles. The van der Waals surface area contributed by atoms with E-state index < -0.39 is 0 Å². The summed E-state index contributed by atoms with van der Waals surface area (Å²) < 4.78 is 5.58. The van der Waals surface area contributed by atoms with Gasteiger partial charge in [0.15, 0.2) is 5.96 Å². The molecule has 2 aromatic carbocycles. The van der Waals surface area contributed by atoms with Gasteiger partial charge in [-0.3, -0.25) is 4.99 Å². The van der Waals surface area contributed by atoms with Crippen molar-refractivity contribution in [3.63, 3.8) is 0 Å². The quantitative estimate of drug-likeness (QED) is 0.292. The maximum absolute atomic E-state index is 5.58. The Hall–Kier alpha value is -2.35. The molecule has 2 N–H and O–H groups in total. The van der Waals surface area contributed by atoms with E-state index >= 15 is 0 Å². The predicted octanol–water partition coefficient (Wildman–Crippen LogP) is 4.95. The molecule has 1 unspecified atom stereocenters. The fraction of sp³-hybridized carbons (Fsp3) is 0.273. The van der Waals surface area contributed by atoms with Crippen LogP contribution < -0.4 is 10.6 Å². The molecule has 0 aliphatic rings. The summed E-state index contributed by atoms with van der Waals surface area (Å²) in [6.07, 6.45) is 2.73. The first-order chi connectivity index (χ1) is 13.2. The number of nitrogens with one attached hydrogen (secondary N) is 2. The van der Waals surface area contributed by atoms with Gasteiger partial charge in [-0.1, -0.05) is 49.4 Å². The Kier molecular flexibility index (Phi) is 8.50. The van der Waals surface area contributed by atoms with E-state index in [0.29, 0.717) is 12.4 Å². The summed E-state index contributed by atoms with van der Waals surface area (Å²) in [5.41, 5.74) is 4.36. The summed E-state index contributed by atoms with van der Waals surface area (Å²) in [4.78, 5) is 8.83. The standard InChI is InChI=1S/C22H26N4O.HI/c1-4-17-10-12-18(13-11-17)16(2)25-22(23-3)24-14-20-15-27-21(26-20)19-8-6-5-7-9-19;/h5-13,15-16H,4,14H2,1-3H3,(H2,23,24,25);1H. The van der Waals surface area contributed by atoms with E-state index in [1.165, 1.54) is 11.1 Å². The van der Waals surface area contributed by atoms with Crippen LogP contribution in [0.15, 0.2) is 70.3 Å². The molecule has 148 valence electrons. The Morgan fingerprint density at radius 2 is 1.82 bits per heavy atom. The average Bonchev–Trinajstić information content (AvgIpc) is 3.20. The summed E-state index contributed by atoms with van der Waals surface area (Å²) >= 11 is 0. The molecule has 3 rings (SSSR count). The van der Waals surface area contributed by atoms with Gasteiger partial charge in [-0.15, -0.1) is 24.0 Å². The van der Waals surface area contributed by atoms with Crippen LogP contribution in [0.5, 0.6) is 0 Å². The number of oxazole rings is 1. The number of hydrogen-bond donors (Lipinski definition) is 2. The van der Waals surface area contributed by atoms with Gasteiger partial charge >= 0.3 is 0 Å². The van der Waals surface area contributed by atoms with Crippen LogP contribution in [0.1, 0.15) is 36.7 Å². The van der Waals surface area contributed by atoms with Crippen LogP contribution in [-0.2, 0) is 13.0 Å². The van der Waals surface area contributed by atoms with Crippen LogP contribution >= 0.6 is 24.0 Å². The lowest BCUT2D eigenvalue weighted by molar-refractivity contribution is 0.572. The number of rotatable bonds is 6. The van der Waals surface area contributed by atoms with E-state index in [1.54, 1.807) is 13.3 Å². The van der Waals surface area contributed by atoms with Gasteiger partial charge in [-0.2, -0.15) is 0 Å². The average molecular weight is 490 g/mol. The van der Waals surface area contributed by atoms with Crippen LogP contribution in [0.2, 0.25) is 0 Å². The Morgan fingerprint density at radius 1 is 1.11 bits per heavy atom. The second-order valence-electron chi connectivity index (χ2n) is 6.40. The molecule has 28 heavy (non-hydrogen) atoms. The van der Waals surface area contributed by atoms with Crippen molar-refractivity contribution in [3.05, 3.63) is 77.7 Å². The Balaban J connectivity index is 0.00000280. The third-order valence-corrected chi connectivity index (χ3v) is 4.47. The molecule has 0 aliphatic carbocycles. The molecule has 1 aromatic heterocycles. The minimum atomic E-state index is 0. The van der Waals surface area contributed by atoms with Crippen LogP contribution in [0, 0.1) is 0 Å². The third kappa shape index (κ3) is 5.82. The smallest absolute Gasteiger partial charge is 0.226 e. The molecule has 0 amide bonds. The second-order valence-corrected chi connectivity index (χ2v) is 6.40. The van der Waals surface area contributed by atoms with Crippen molar-refractivity contribution in [1.82, 2.24) is 15.6 Å². The van der Waals surface area contributed by atoms with Crippen molar-refractivity contribution in [2.75, 3.05) is 7.05 Å². The minimum absolute atomic E-state index is 0. The zero-order valence-electron chi connectivity index (χ0n) is 16.5. The normalized spacial score (nSPS) is 12.2. The molecule has 0 bridgehead atoms. The molecule has 3 aromatic rings. The molecule has 0 aliphatic heterocycles. The zero-order chi connectivity index (χ0) is 19.1. The first kappa shape index (κ1) is 21.9. The van der Waals surface area contributed by atoms with Gasteiger partial charge in [0, 0.05) is 12.6 Å². The van der Waals surface area contributed by atoms with Crippen LogP contribution in [-0.4, -0.2) is 18.0 Å². The van der Waals surface area contributed by atoms with E-state index in [-0.39, 0.29) is 30.0 Å². The van der Waals surface area contributed by atoms with Gasteiger partial charge in [-0.05, 0) is 36.6 Å². The van der Waals surface area contributed by atoms with Crippen LogP contribution in [0.4, 0.5) is 0 Å². The Morgan fingerprint density at radius 3 is 2.46 bits per heavy atom. The Labute approximate surface area is 183 Å². The highest BCUT2D eigenvalue weighted by molar-refractivity contribution is 14.0. The molecular weight excluding hydrogens is 463 g/mol. The van der Waals surface area contributed by atoms with Crippen molar-refractivity contribution in [2.45, 2.75) is 32.9 Å². The summed E-state index contributed by atoms with van der Waals surface area (Å²) in [5, 5.41) is 6.70. The number of nitrogens with zero attached hydrogens (tertiary/aromatic N) is 2. The van der Waals surface area contributed by atoms with E-state index in [1.807, 2.05) is 30.3 Å². The number of halogens is 1. The molecule has 1 atom stereocenters. The molecule has 0 spiro atoms. The van der Waals surface area contributed by atoms with Gasteiger partial charge < -0.3 is 15.1 Å². The van der Waals surface area contributed by atoms with E-state index in [9.17, 15) is 0 Å². The highest BCUT2D eigenvalue weighted by Gasteiger charge is 2.10. The van der Waals surface area contributed by atoms with Crippen molar-refractivity contribution in [3.8, 4) is 11.5 Å². The number of hydrogen-bond acceptors (Lipinski definition) is 3. The number of benzene rings is 2. The van der Waals surface area contributed by atoms with Crippen LogP contribution in [0.3, 0.4) is 0 Å². The number of aromatic nitrogens is 1. The predicted molar refractivity (Wildman–Crippen MR) is 125 cm³/mol. The highest BCUT2D eigenvalue weighted by Crippen LogP contribution is 2.18. The SMILES string of the molecule is CCc1ccc(C(C)NC(=NC)NCc2coc(-c3ccccc3)n2)cc1.I. The summed E-state index contributed by atoms with van der Waals surface area (Å²) in [6, 6.07) is 18.7. The molecule has 5 nitrogen and oxygen atoms in total. The van der Waals surface area contributed by atoms with Gasteiger partial charge in [0.25, 0.3) is 0 Å². The zero-order valence-corrected chi connectivity index (χ0v) is 18.8. The van der Waals surface area contributed by atoms with Crippen LogP contribution in [0.25, 0.3) is 11.5 Å². The lowest BCUT2D eigenvalue weighted by Crippen LogP contribution is -2.38. The van der Waals surface area contributed by atoms with E-state index in [4.69, 9.17) is 4.42 Å². The molecular formula is C22H27IN4O. The first-order valence-electron chi connectivity index (χ1n) is 9.25. The lowest BCUT2D eigenvalue weighted by atomic mass is 10.1. The van der Waals surface area contributed by atoms with Crippen molar-refractivity contribution in [1.29, 1.82) is 0 Å². The molecule has 0 saturated heterocycles. The Bertz CT molecular complexity index is 875. The lowest BCUT2D eigenvalue weighted by Gasteiger charge is -2.18. The van der Waals surface area contributed by atoms with Crippen molar-refractivity contribution >= 4 is 29.9 Å². The van der Waals surface area contributed by atoms with E-state index in [0.717, 1.165) is 23.6 Å². The van der Waals surface area contributed by atoms with Gasteiger partial charge in [0.1, 0.15) is 6.26 Å². The minimum Gasteiger partial charge on any atom is -0.444 e. The highest BCUT2D eigenvalue weighted by atomic mass is 127. The molecule has 6 heteroatoms. The third-order valence-electron chi connectivity index (χ3n) is 4.47. The molecule has 1 heterocycles. The largest absolute Gasteiger partial charge is 0.444 e. The van der Waals surface area contributed by atoms with Gasteiger partial charge in [0.05, 0.1) is 18.3 Å². The second kappa shape index (κ2) is 10.8. The maximum atomic E-state index is 5.58.